The molecule has 2 aromatic carbocycles. The molecule has 0 N–H and O–H groups in total. The van der Waals surface area contributed by atoms with Gasteiger partial charge in [-0.05, 0) is 56.3 Å². The molecule has 1 aromatic heterocycles. The van der Waals surface area contributed by atoms with Crippen molar-refractivity contribution in [3.05, 3.63) is 75.5 Å². The number of sulfonamides is 1. The van der Waals surface area contributed by atoms with Gasteiger partial charge in [0.15, 0.2) is 0 Å². The predicted molar refractivity (Wildman–Crippen MR) is 124 cm³/mol. The van der Waals surface area contributed by atoms with Gasteiger partial charge in [0.1, 0.15) is 4.90 Å². The van der Waals surface area contributed by atoms with E-state index in [9.17, 15) is 13.2 Å². The number of piperazine rings is 1. The molecule has 0 unspecified atom stereocenters. The van der Waals surface area contributed by atoms with Crippen LogP contribution < -0.4 is 0 Å². The van der Waals surface area contributed by atoms with Crippen LogP contribution in [-0.2, 0) is 10.0 Å². The van der Waals surface area contributed by atoms with Crippen molar-refractivity contribution in [2.24, 2.45) is 0 Å². The molecular weight excluding hydrogens is 471 g/mol. The molecule has 1 saturated heterocycles. The molecule has 2 heterocycles. The molecule has 0 aliphatic carbocycles. The Kier molecular flexibility index (Phi) is 6.31. The highest BCUT2D eigenvalue weighted by molar-refractivity contribution is 7.89. The molecule has 0 bridgehead atoms. The van der Waals surface area contributed by atoms with Gasteiger partial charge in [-0.1, -0.05) is 29.3 Å². The monoisotopic (exact) mass is 492 g/mol. The second-order valence-corrected chi connectivity index (χ2v) is 10.3. The minimum atomic E-state index is -3.80. The molecule has 4 rings (SSSR count). The fourth-order valence-corrected chi connectivity index (χ4v) is 5.93. The Balaban J connectivity index is 1.44. The molecule has 1 aliphatic heterocycles. The highest BCUT2D eigenvalue weighted by Gasteiger charge is 2.32. The Morgan fingerprint density at radius 1 is 0.969 bits per heavy atom. The largest absolute Gasteiger partial charge is 0.336 e. The van der Waals surface area contributed by atoms with Crippen LogP contribution >= 0.6 is 23.2 Å². The molecule has 168 valence electrons. The Hall–Kier alpha value is -2.39. The lowest BCUT2D eigenvalue weighted by Gasteiger charge is -2.34. The third-order valence-electron chi connectivity index (χ3n) is 5.43. The normalized spacial score (nSPS) is 15.2. The van der Waals surface area contributed by atoms with E-state index in [2.05, 4.69) is 5.10 Å². The van der Waals surface area contributed by atoms with E-state index in [1.165, 1.54) is 10.4 Å². The molecule has 1 amide bonds. The zero-order valence-corrected chi connectivity index (χ0v) is 20.0. The number of carbonyl (C=O) groups is 1. The highest BCUT2D eigenvalue weighted by Crippen LogP contribution is 2.31. The predicted octanol–water partition coefficient (Wildman–Crippen LogP) is 3.94. The van der Waals surface area contributed by atoms with Crippen molar-refractivity contribution in [3.63, 3.8) is 0 Å². The molecule has 7 nitrogen and oxygen atoms in total. The van der Waals surface area contributed by atoms with Crippen LogP contribution in [0.3, 0.4) is 0 Å². The van der Waals surface area contributed by atoms with Crippen LogP contribution in [0.5, 0.6) is 0 Å². The number of benzene rings is 2. The third kappa shape index (κ3) is 4.28. The van der Waals surface area contributed by atoms with Gasteiger partial charge in [0.05, 0.1) is 21.4 Å². The number of hydrogen-bond donors (Lipinski definition) is 0. The van der Waals surface area contributed by atoms with Gasteiger partial charge in [-0.2, -0.15) is 9.40 Å². The fraction of sp³-hybridized carbons (Fsp3) is 0.273. The summed E-state index contributed by atoms with van der Waals surface area (Å²) in [5, 5.41) is 4.65. The molecule has 0 spiro atoms. The topological polar surface area (TPSA) is 75.5 Å². The third-order valence-corrected chi connectivity index (χ3v) is 8.30. The van der Waals surface area contributed by atoms with Gasteiger partial charge in [0.2, 0.25) is 10.0 Å². The average Bonchev–Trinajstić information content (AvgIpc) is 3.13. The Morgan fingerprint density at radius 2 is 1.62 bits per heavy atom. The van der Waals surface area contributed by atoms with E-state index in [0.717, 1.165) is 17.1 Å². The summed E-state index contributed by atoms with van der Waals surface area (Å²) in [7, 11) is -3.80. The second-order valence-electron chi connectivity index (χ2n) is 7.63. The molecule has 3 aromatic rings. The van der Waals surface area contributed by atoms with Crippen molar-refractivity contribution in [1.29, 1.82) is 0 Å². The Labute approximate surface area is 197 Å². The van der Waals surface area contributed by atoms with Gasteiger partial charge >= 0.3 is 0 Å². The van der Waals surface area contributed by atoms with Crippen molar-refractivity contribution in [1.82, 2.24) is 19.0 Å². The first-order valence-electron chi connectivity index (χ1n) is 10.1. The fourth-order valence-electron chi connectivity index (χ4n) is 3.77. The van der Waals surface area contributed by atoms with E-state index >= 15 is 0 Å². The standard InChI is InChI=1S/C22H22Cl2N4O3S/c1-15-14-16(2)28(25-15)18-8-6-17(7-9-18)22(29)26-10-12-27(13-11-26)32(30,31)20-5-3-4-19(23)21(20)24/h3-9,14H,10-13H2,1-2H3. The van der Waals surface area contributed by atoms with E-state index < -0.39 is 10.0 Å². The smallest absolute Gasteiger partial charge is 0.253 e. The van der Waals surface area contributed by atoms with Gasteiger partial charge in [-0.3, -0.25) is 4.79 Å². The lowest BCUT2D eigenvalue weighted by atomic mass is 10.1. The number of aryl methyl sites for hydroxylation is 2. The second kappa shape index (κ2) is 8.86. The van der Waals surface area contributed by atoms with Crippen molar-refractivity contribution < 1.29 is 13.2 Å². The lowest BCUT2D eigenvalue weighted by molar-refractivity contribution is 0.0698. The van der Waals surface area contributed by atoms with Crippen LogP contribution in [0.15, 0.2) is 53.4 Å². The Morgan fingerprint density at radius 3 is 2.22 bits per heavy atom. The number of amides is 1. The first-order chi connectivity index (χ1) is 15.2. The molecule has 0 saturated carbocycles. The van der Waals surface area contributed by atoms with Crippen LogP contribution in [0.1, 0.15) is 21.7 Å². The quantitative estimate of drug-likeness (QED) is 0.552. The number of aromatic nitrogens is 2. The van der Waals surface area contributed by atoms with Gasteiger partial charge in [-0.25, -0.2) is 13.1 Å². The zero-order valence-electron chi connectivity index (χ0n) is 17.6. The molecule has 0 radical (unpaired) electrons. The molecule has 10 heteroatoms. The number of hydrogen-bond acceptors (Lipinski definition) is 4. The van der Waals surface area contributed by atoms with E-state index in [1.54, 1.807) is 29.2 Å². The molecule has 0 atom stereocenters. The first-order valence-corrected chi connectivity index (χ1v) is 12.3. The molecule has 32 heavy (non-hydrogen) atoms. The minimum absolute atomic E-state index is 0.00961. The van der Waals surface area contributed by atoms with Crippen molar-refractivity contribution in [3.8, 4) is 5.69 Å². The Bertz CT molecular complexity index is 1260. The molecule has 1 aliphatic rings. The van der Waals surface area contributed by atoms with Gasteiger partial charge in [-0.15, -0.1) is 0 Å². The lowest BCUT2D eigenvalue weighted by Crippen LogP contribution is -2.50. The summed E-state index contributed by atoms with van der Waals surface area (Å²) in [6, 6.07) is 13.8. The summed E-state index contributed by atoms with van der Waals surface area (Å²) in [5.41, 5.74) is 3.36. The summed E-state index contributed by atoms with van der Waals surface area (Å²) in [6.07, 6.45) is 0. The highest BCUT2D eigenvalue weighted by atomic mass is 35.5. The van der Waals surface area contributed by atoms with Crippen molar-refractivity contribution in [2.75, 3.05) is 26.2 Å². The van der Waals surface area contributed by atoms with Crippen LogP contribution in [0.25, 0.3) is 5.69 Å². The first kappa shape index (κ1) is 22.8. The summed E-state index contributed by atoms with van der Waals surface area (Å²) < 4.78 is 29.1. The van der Waals surface area contributed by atoms with Crippen molar-refractivity contribution in [2.45, 2.75) is 18.7 Å². The summed E-state index contributed by atoms with van der Waals surface area (Å²) in [4.78, 5) is 14.6. The molecular formula is C22H22Cl2N4O3S. The number of rotatable bonds is 4. The van der Waals surface area contributed by atoms with Gasteiger partial charge in [0.25, 0.3) is 5.91 Å². The maximum Gasteiger partial charge on any atom is 0.253 e. The van der Waals surface area contributed by atoms with E-state index in [4.69, 9.17) is 23.2 Å². The summed E-state index contributed by atoms with van der Waals surface area (Å²) >= 11 is 12.1. The maximum atomic E-state index is 13.0. The SMILES string of the molecule is Cc1cc(C)n(-c2ccc(C(=O)N3CCN(S(=O)(=O)c4cccc(Cl)c4Cl)CC3)cc2)n1. The van der Waals surface area contributed by atoms with Gasteiger partial charge in [0, 0.05) is 37.4 Å². The summed E-state index contributed by atoms with van der Waals surface area (Å²) in [6.45, 7) is 4.84. The number of carbonyl (C=O) groups excluding carboxylic acids is 1. The van der Waals surface area contributed by atoms with Crippen LogP contribution in [0.4, 0.5) is 0 Å². The summed E-state index contributed by atoms with van der Waals surface area (Å²) in [5.74, 6) is -0.136. The minimum Gasteiger partial charge on any atom is -0.336 e. The maximum absolute atomic E-state index is 13.0. The van der Waals surface area contributed by atoms with Crippen LogP contribution in [0, 0.1) is 13.8 Å². The number of nitrogens with zero attached hydrogens (tertiary/aromatic N) is 4. The zero-order chi connectivity index (χ0) is 23.0. The van der Waals surface area contributed by atoms with E-state index in [-0.39, 0.29) is 47.0 Å². The average molecular weight is 493 g/mol. The van der Waals surface area contributed by atoms with Gasteiger partial charge < -0.3 is 4.90 Å². The van der Waals surface area contributed by atoms with E-state index in [0.29, 0.717) is 5.56 Å². The van der Waals surface area contributed by atoms with E-state index in [1.807, 2.05) is 36.7 Å². The van der Waals surface area contributed by atoms with Crippen LogP contribution in [-0.4, -0.2) is 59.5 Å². The van der Waals surface area contributed by atoms with Crippen molar-refractivity contribution >= 4 is 39.1 Å². The van der Waals surface area contributed by atoms with Crippen LogP contribution in [0.2, 0.25) is 10.0 Å². The molecule has 1 fully saturated rings. The number of halogens is 2.